The predicted octanol–water partition coefficient (Wildman–Crippen LogP) is 3.23. The number of benzene rings is 1. The Balaban J connectivity index is 2.48. The number of carbonyl (C=O) groups is 1. The Bertz CT molecular complexity index is 532. The highest BCUT2D eigenvalue weighted by Crippen LogP contribution is 2.31. The van der Waals surface area contributed by atoms with Crippen molar-refractivity contribution in [2.45, 2.75) is 18.9 Å². The zero-order valence-electron chi connectivity index (χ0n) is 10.0. The van der Waals surface area contributed by atoms with Gasteiger partial charge in [0.15, 0.2) is 23.3 Å². The predicted molar refractivity (Wildman–Crippen MR) is 61.0 cm³/mol. The number of rotatable bonds is 4. The van der Waals surface area contributed by atoms with Gasteiger partial charge in [-0.1, -0.05) is 0 Å². The van der Waals surface area contributed by atoms with Gasteiger partial charge in [-0.2, -0.15) is 0 Å². The van der Waals surface area contributed by atoms with E-state index in [1.165, 1.54) is 0 Å². The molecule has 1 aliphatic rings. The molecule has 110 valence electrons. The van der Waals surface area contributed by atoms with Crippen LogP contribution >= 0.6 is 11.6 Å². The first-order chi connectivity index (χ1) is 9.40. The van der Waals surface area contributed by atoms with Crippen LogP contribution in [0.2, 0.25) is 0 Å². The summed E-state index contributed by atoms with van der Waals surface area (Å²) in [7, 11) is 0. The fourth-order valence-electron chi connectivity index (χ4n) is 1.86. The lowest BCUT2D eigenvalue weighted by Crippen LogP contribution is -2.36. The Morgan fingerprint density at radius 3 is 1.85 bits per heavy atom. The molecule has 0 bridgehead atoms. The first-order valence-electron chi connectivity index (χ1n) is 5.78. The topological polar surface area (TPSA) is 20.3 Å². The van der Waals surface area contributed by atoms with Crippen LogP contribution in [0.1, 0.15) is 23.2 Å². The van der Waals surface area contributed by atoms with Crippen LogP contribution < -0.4 is 0 Å². The Kier molecular flexibility index (Phi) is 4.17. The van der Waals surface area contributed by atoms with E-state index in [0.29, 0.717) is 12.8 Å². The summed E-state index contributed by atoms with van der Waals surface area (Å²) >= 11 is 5.48. The first kappa shape index (κ1) is 15.0. The summed E-state index contributed by atoms with van der Waals surface area (Å²) in [5, 5.41) is 0. The van der Waals surface area contributed by atoms with E-state index >= 15 is 0 Å². The summed E-state index contributed by atoms with van der Waals surface area (Å²) in [5.74, 6) is -12.0. The molecular weight excluding hydrogens is 305 g/mol. The van der Waals surface area contributed by atoms with E-state index in [1.54, 1.807) is 0 Å². The average molecular weight is 314 g/mol. The van der Waals surface area contributed by atoms with E-state index < -0.39 is 40.6 Å². The second kappa shape index (κ2) is 5.55. The molecule has 0 N–H and O–H groups in total. The molecule has 0 unspecified atom stereocenters. The molecule has 1 aliphatic carbocycles. The van der Waals surface area contributed by atoms with E-state index in [-0.39, 0.29) is 18.5 Å². The highest BCUT2D eigenvalue weighted by molar-refractivity contribution is 6.18. The number of amides is 1. The van der Waals surface area contributed by atoms with Gasteiger partial charge >= 0.3 is 0 Å². The summed E-state index contributed by atoms with van der Waals surface area (Å²) in [4.78, 5) is 13.0. The molecule has 1 saturated carbocycles. The highest BCUT2D eigenvalue weighted by atomic mass is 35.5. The van der Waals surface area contributed by atoms with E-state index in [4.69, 9.17) is 11.6 Å². The van der Waals surface area contributed by atoms with Gasteiger partial charge in [-0.25, -0.2) is 22.0 Å². The zero-order chi connectivity index (χ0) is 15.0. The molecule has 1 fully saturated rings. The molecule has 0 heterocycles. The zero-order valence-corrected chi connectivity index (χ0v) is 10.8. The third-order valence-electron chi connectivity index (χ3n) is 3.00. The van der Waals surface area contributed by atoms with Crippen molar-refractivity contribution in [3.05, 3.63) is 34.6 Å². The number of nitrogens with zero attached hydrogens (tertiary/aromatic N) is 1. The van der Waals surface area contributed by atoms with Gasteiger partial charge in [0.1, 0.15) is 5.56 Å². The van der Waals surface area contributed by atoms with Crippen molar-refractivity contribution in [1.29, 1.82) is 0 Å². The highest BCUT2D eigenvalue weighted by Gasteiger charge is 2.37. The molecule has 0 atom stereocenters. The maximum absolute atomic E-state index is 13.5. The molecule has 2 rings (SSSR count). The Hall–Kier alpha value is -1.37. The number of carbonyl (C=O) groups excluding carboxylic acids is 1. The van der Waals surface area contributed by atoms with Crippen molar-refractivity contribution in [2.75, 3.05) is 12.4 Å². The lowest BCUT2D eigenvalue weighted by atomic mass is 10.1. The standard InChI is InChI=1S/C12H9ClF5NO/c13-3-4-19(5-1-2-5)12(20)6-7(14)9(16)11(18)10(17)8(6)15/h5H,1-4H2. The number of halogens is 6. The third kappa shape index (κ3) is 2.46. The summed E-state index contributed by atoms with van der Waals surface area (Å²) in [6.07, 6.45) is 1.22. The maximum Gasteiger partial charge on any atom is 0.260 e. The van der Waals surface area contributed by atoms with Gasteiger partial charge in [-0.05, 0) is 12.8 Å². The van der Waals surface area contributed by atoms with Gasteiger partial charge in [0.25, 0.3) is 5.91 Å². The largest absolute Gasteiger partial charge is 0.334 e. The van der Waals surface area contributed by atoms with Crippen LogP contribution in [-0.2, 0) is 0 Å². The van der Waals surface area contributed by atoms with Gasteiger partial charge in [0.2, 0.25) is 5.82 Å². The third-order valence-corrected chi connectivity index (χ3v) is 3.17. The summed E-state index contributed by atoms with van der Waals surface area (Å²) in [5.41, 5.74) is -1.43. The lowest BCUT2D eigenvalue weighted by molar-refractivity contribution is 0.0740. The minimum absolute atomic E-state index is 0.00234. The molecule has 0 saturated heterocycles. The normalized spacial score (nSPS) is 14.5. The van der Waals surface area contributed by atoms with Gasteiger partial charge in [-0.15, -0.1) is 11.6 Å². The molecule has 0 radical (unpaired) electrons. The number of hydrogen-bond acceptors (Lipinski definition) is 1. The van der Waals surface area contributed by atoms with Crippen molar-refractivity contribution in [3.63, 3.8) is 0 Å². The quantitative estimate of drug-likeness (QED) is 0.362. The Morgan fingerprint density at radius 2 is 1.45 bits per heavy atom. The molecule has 1 aromatic rings. The van der Waals surface area contributed by atoms with Crippen molar-refractivity contribution in [1.82, 2.24) is 4.90 Å². The van der Waals surface area contributed by atoms with Gasteiger partial charge in [0, 0.05) is 18.5 Å². The molecule has 2 nitrogen and oxygen atoms in total. The first-order valence-corrected chi connectivity index (χ1v) is 6.32. The van der Waals surface area contributed by atoms with E-state index in [2.05, 4.69) is 0 Å². The Morgan fingerprint density at radius 1 is 1.00 bits per heavy atom. The fourth-order valence-corrected chi connectivity index (χ4v) is 2.05. The molecule has 8 heteroatoms. The Labute approximate surface area is 116 Å². The van der Waals surface area contributed by atoms with Crippen LogP contribution in [-0.4, -0.2) is 29.3 Å². The van der Waals surface area contributed by atoms with Gasteiger partial charge < -0.3 is 4.90 Å². The SMILES string of the molecule is O=C(c1c(F)c(F)c(F)c(F)c1F)N(CCCl)C1CC1. The fraction of sp³-hybridized carbons (Fsp3) is 0.417. The van der Waals surface area contributed by atoms with Crippen molar-refractivity contribution >= 4 is 17.5 Å². The van der Waals surface area contributed by atoms with Crippen LogP contribution in [0.4, 0.5) is 22.0 Å². The summed E-state index contributed by atoms with van der Waals surface area (Å²) in [6.45, 7) is -0.0233. The molecule has 0 aromatic heterocycles. The second-order valence-electron chi connectivity index (χ2n) is 4.36. The molecule has 1 aromatic carbocycles. The average Bonchev–Trinajstić information content (AvgIpc) is 3.24. The molecule has 0 aliphatic heterocycles. The minimum Gasteiger partial charge on any atom is -0.334 e. The number of hydrogen-bond donors (Lipinski definition) is 0. The monoisotopic (exact) mass is 313 g/mol. The maximum atomic E-state index is 13.5. The van der Waals surface area contributed by atoms with Crippen molar-refractivity contribution < 1.29 is 26.7 Å². The molecule has 1 amide bonds. The van der Waals surface area contributed by atoms with Crippen LogP contribution in [0.3, 0.4) is 0 Å². The van der Waals surface area contributed by atoms with Crippen molar-refractivity contribution in [2.24, 2.45) is 0 Å². The lowest BCUT2D eigenvalue weighted by Gasteiger charge is -2.22. The van der Waals surface area contributed by atoms with Crippen LogP contribution in [0.25, 0.3) is 0 Å². The van der Waals surface area contributed by atoms with Crippen LogP contribution in [0.5, 0.6) is 0 Å². The summed E-state index contributed by atoms with van der Waals surface area (Å²) in [6, 6.07) is -0.267. The van der Waals surface area contributed by atoms with Gasteiger partial charge in [0.05, 0.1) is 0 Å². The molecule has 0 spiro atoms. The number of alkyl halides is 1. The van der Waals surface area contributed by atoms with E-state index in [0.717, 1.165) is 4.90 Å². The molecular formula is C12H9ClF5NO. The summed E-state index contributed by atoms with van der Waals surface area (Å²) < 4.78 is 66.1. The van der Waals surface area contributed by atoms with Gasteiger partial charge in [-0.3, -0.25) is 4.79 Å². The van der Waals surface area contributed by atoms with E-state index in [9.17, 15) is 26.7 Å². The van der Waals surface area contributed by atoms with Crippen LogP contribution in [0.15, 0.2) is 0 Å². The molecule has 20 heavy (non-hydrogen) atoms. The second-order valence-corrected chi connectivity index (χ2v) is 4.74. The van der Waals surface area contributed by atoms with Crippen LogP contribution in [0, 0.1) is 29.1 Å². The smallest absolute Gasteiger partial charge is 0.260 e. The van der Waals surface area contributed by atoms with Crippen molar-refractivity contribution in [3.8, 4) is 0 Å². The van der Waals surface area contributed by atoms with E-state index in [1.807, 2.05) is 0 Å². The minimum atomic E-state index is -2.29.